The van der Waals surface area contributed by atoms with E-state index in [0.717, 1.165) is 29.6 Å². The Morgan fingerprint density at radius 1 is 1.17 bits per heavy atom. The van der Waals surface area contributed by atoms with Crippen LogP contribution in [0.3, 0.4) is 0 Å². The van der Waals surface area contributed by atoms with E-state index in [4.69, 9.17) is 16.3 Å². The average Bonchev–Trinajstić information content (AvgIpc) is 3.06. The van der Waals surface area contributed by atoms with Crippen molar-refractivity contribution in [3.8, 4) is 0 Å². The summed E-state index contributed by atoms with van der Waals surface area (Å²) < 4.78 is 7.74. The average molecular weight is 463 g/mol. The number of benzene rings is 1. The van der Waals surface area contributed by atoms with Crippen LogP contribution in [0.1, 0.15) is 5.56 Å². The van der Waals surface area contributed by atoms with E-state index in [-0.39, 0.29) is 24.0 Å². The van der Waals surface area contributed by atoms with E-state index in [0.29, 0.717) is 19.8 Å². The number of nitrogens with zero attached hydrogens (tertiary/aromatic N) is 2. The second-order valence-electron chi connectivity index (χ2n) is 5.03. The smallest absolute Gasteiger partial charge is 0.191 e. The van der Waals surface area contributed by atoms with Gasteiger partial charge >= 0.3 is 0 Å². The van der Waals surface area contributed by atoms with Gasteiger partial charge in [0.25, 0.3) is 0 Å². The van der Waals surface area contributed by atoms with Gasteiger partial charge in [0.1, 0.15) is 0 Å². The van der Waals surface area contributed by atoms with E-state index in [9.17, 15) is 0 Å². The number of ether oxygens (including phenoxy) is 1. The second-order valence-corrected chi connectivity index (χ2v) is 5.47. The van der Waals surface area contributed by atoms with Crippen molar-refractivity contribution < 1.29 is 4.74 Å². The second kappa shape index (κ2) is 12.2. The highest BCUT2D eigenvalue weighted by molar-refractivity contribution is 14.0. The van der Waals surface area contributed by atoms with Crippen LogP contribution >= 0.6 is 35.6 Å². The molecule has 132 valence electrons. The van der Waals surface area contributed by atoms with Crippen LogP contribution in [0.15, 0.2) is 53.8 Å². The highest BCUT2D eigenvalue weighted by atomic mass is 127. The molecule has 1 aromatic heterocycles. The molecule has 0 amide bonds. The number of aromatic nitrogens is 1. The highest BCUT2D eigenvalue weighted by Crippen LogP contribution is 2.11. The van der Waals surface area contributed by atoms with Gasteiger partial charge in [-0.05, 0) is 29.8 Å². The molecule has 0 unspecified atom stereocenters. The molecule has 0 aliphatic carbocycles. The molecule has 0 spiro atoms. The Bertz CT molecular complexity index is 604. The van der Waals surface area contributed by atoms with E-state index < -0.39 is 0 Å². The van der Waals surface area contributed by atoms with Gasteiger partial charge in [0.05, 0.1) is 13.2 Å². The molecule has 5 nitrogen and oxygen atoms in total. The maximum Gasteiger partial charge on any atom is 0.191 e. The monoisotopic (exact) mass is 462 g/mol. The summed E-state index contributed by atoms with van der Waals surface area (Å²) in [6.07, 6.45) is 4.09. The first-order chi connectivity index (χ1) is 11.3. The maximum absolute atomic E-state index is 5.94. The Balaban J connectivity index is 0.00000288. The topological polar surface area (TPSA) is 50.6 Å². The standard InChI is InChI=1S/C17H23ClN4O.HI/c1-19-17(20-7-11-22-9-2-3-10-22)21-8-12-23-14-15-5-4-6-16(18)13-15;/h2-6,9-10,13H,7-8,11-12,14H2,1H3,(H2,19,20,21);1H. The lowest BCUT2D eigenvalue weighted by Gasteiger charge is -2.12. The molecular weight excluding hydrogens is 439 g/mol. The molecule has 0 atom stereocenters. The molecule has 1 heterocycles. The van der Waals surface area contributed by atoms with Crippen molar-refractivity contribution in [2.45, 2.75) is 13.2 Å². The zero-order valence-corrected chi connectivity index (χ0v) is 16.8. The third-order valence-electron chi connectivity index (χ3n) is 3.25. The number of halogens is 2. The third kappa shape index (κ3) is 8.03. The van der Waals surface area contributed by atoms with Gasteiger partial charge in [0.15, 0.2) is 5.96 Å². The summed E-state index contributed by atoms with van der Waals surface area (Å²) in [5, 5.41) is 7.23. The molecular formula is C17H24ClIN4O. The minimum atomic E-state index is 0. The van der Waals surface area contributed by atoms with Gasteiger partial charge in [-0.2, -0.15) is 0 Å². The van der Waals surface area contributed by atoms with Crippen LogP contribution in [0.2, 0.25) is 5.02 Å². The molecule has 0 saturated carbocycles. The molecule has 0 aliphatic rings. The van der Waals surface area contributed by atoms with Crippen molar-refractivity contribution in [2.75, 3.05) is 26.7 Å². The SMILES string of the molecule is CN=C(NCCOCc1cccc(Cl)c1)NCCn1cccc1.I. The Morgan fingerprint density at radius 2 is 1.92 bits per heavy atom. The molecule has 0 radical (unpaired) electrons. The molecule has 2 N–H and O–H groups in total. The van der Waals surface area contributed by atoms with Crippen molar-refractivity contribution in [1.29, 1.82) is 0 Å². The van der Waals surface area contributed by atoms with Gasteiger partial charge in [-0.1, -0.05) is 23.7 Å². The normalized spacial score (nSPS) is 11.0. The summed E-state index contributed by atoms with van der Waals surface area (Å²) in [4.78, 5) is 4.19. The minimum Gasteiger partial charge on any atom is -0.375 e. The number of guanidine groups is 1. The predicted molar refractivity (Wildman–Crippen MR) is 110 cm³/mol. The number of rotatable bonds is 8. The summed E-state index contributed by atoms with van der Waals surface area (Å²) >= 11 is 5.94. The highest BCUT2D eigenvalue weighted by Gasteiger charge is 1.98. The fraction of sp³-hybridized carbons (Fsp3) is 0.353. The molecule has 24 heavy (non-hydrogen) atoms. The number of nitrogens with one attached hydrogen (secondary N) is 2. The van der Waals surface area contributed by atoms with Crippen LogP contribution in [0.5, 0.6) is 0 Å². The van der Waals surface area contributed by atoms with E-state index in [1.165, 1.54) is 0 Å². The predicted octanol–water partition coefficient (Wildman–Crippen LogP) is 3.14. The Hall–Kier alpha value is -1.25. The van der Waals surface area contributed by atoms with Crippen LogP contribution in [-0.4, -0.2) is 37.3 Å². The molecule has 2 rings (SSSR count). The Kier molecular flexibility index (Phi) is 10.5. The van der Waals surface area contributed by atoms with Gasteiger partial charge in [0, 0.05) is 44.1 Å². The zero-order valence-electron chi connectivity index (χ0n) is 13.7. The molecule has 0 fully saturated rings. The number of hydrogen-bond acceptors (Lipinski definition) is 2. The van der Waals surface area contributed by atoms with Crippen molar-refractivity contribution in [3.63, 3.8) is 0 Å². The number of aliphatic imine (C=N–C) groups is 1. The van der Waals surface area contributed by atoms with Gasteiger partial charge in [-0.25, -0.2) is 0 Å². The van der Waals surface area contributed by atoms with Crippen LogP contribution in [-0.2, 0) is 17.9 Å². The minimum absolute atomic E-state index is 0. The van der Waals surface area contributed by atoms with E-state index in [1.54, 1.807) is 7.05 Å². The molecule has 1 aromatic carbocycles. The quantitative estimate of drug-likeness (QED) is 0.274. The van der Waals surface area contributed by atoms with Crippen molar-refractivity contribution in [1.82, 2.24) is 15.2 Å². The number of hydrogen-bond donors (Lipinski definition) is 2. The zero-order chi connectivity index (χ0) is 16.3. The van der Waals surface area contributed by atoms with Gasteiger partial charge in [-0.3, -0.25) is 4.99 Å². The van der Waals surface area contributed by atoms with Crippen LogP contribution in [0.4, 0.5) is 0 Å². The van der Waals surface area contributed by atoms with Gasteiger partial charge in [0.2, 0.25) is 0 Å². The molecule has 0 aliphatic heterocycles. The summed E-state index contributed by atoms with van der Waals surface area (Å²) in [5.74, 6) is 0.781. The first kappa shape index (κ1) is 20.8. The molecule has 7 heteroatoms. The van der Waals surface area contributed by atoms with Crippen LogP contribution in [0, 0.1) is 0 Å². The first-order valence-corrected chi connectivity index (χ1v) is 8.03. The molecule has 0 bridgehead atoms. The van der Waals surface area contributed by atoms with Gasteiger partial charge in [-0.15, -0.1) is 24.0 Å². The van der Waals surface area contributed by atoms with Crippen molar-refractivity contribution >= 4 is 41.5 Å². The fourth-order valence-corrected chi connectivity index (χ4v) is 2.31. The Labute approximate surface area is 165 Å². The molecule has 2 aromatic rings. The van der Waals surface area contributed by atoms with Gasteiger partial charge < -0.3 is 19.9 Å². The summed E-state index contributed by atoms with van der Waals surface area (Å²) in [6, 6.07) is 11.7. The van der Waals surface area contributed by atoms with Crippen molar-refractivity contribution in [2.24, 2.45) is 4.99 Å². The lowest BCUT2D eigenvalue weighted by molar-refractivity contribution is 0.125. The first-order valence-electron chi connectivity index (χ1n) is 7.65. The summed E-state index contributed by atoms with van der Waals surface area (Å²) in [5.41, 5.74) is 1.08. The van der Waals surface area contributed by atoms with E-state index in [1.807, 2.05) is 48.8 Å². The van der Waals surface area contributed by atoms with Crippen LogP contribution in [0.25, 0.3) is 0 Å². The van der Waals surface area contributed by atoms with E-state index >= 15 is 0 Å². The third-order valence-corrected chi connectivity index (χ3v) is 3.48. The largest absolute Gasteiger partial charge is 0.375 e. The molecule has 0 saturated heterocycles. The lowest BCUT2D eigenvalue weighted by Crippen LogP contribution is -2.40. The summed E-state index contributed by atoms with van der Waals surface area (Å²) in [6.45, 7) is 3.58. The van der Waals surface area contributed by atoms with Crippen LogP contribution < -0.4 is 10.6 Å². The van der Waals surface area contributed by atoms with Crippen molar-refractivity contribution in [3.05, 3.63) is 59.4 Å². The lowest BCUT2D eigenvalue weighted by atomic mass is 10.2. The summed E-state index contributed by atoms with van der Waals surface area (Å²) in [7, 11) is 1.76. The van der Waals surface area contributed by atoms with E-state index in [2.05, 4.69) is 20.2 Å². The fourth-order valence-electron chi connectivity index (χ4n) is 2.10. The Morgan fingerprint density at radius 3 is 2.62 bits per heavy atom. The maximum atomic E-state index is 5.94.